The zero-order valence-corrected chi connectivity index (χ0v) is 13.2. The van der Waals surface area contributed by atoms with Gasteiger partial charge in [0.2, 0.25) is 11.7 Å². The van der Waals surface area contributed by atoms with E-state index in [1.54, 1.807) is 30.8 Å². The molecular formula is C15H19FN2O2S. The Labute approximate surface area is 127 Å². The molecule has 21 heavy (non-hydrogen) atoms. The Balaban J connectivity index is 2.08. The van der Waals surface area contributed by atoms with E-state index in [9.17, 15) is 4.39 Å². The van der Waals surface area contributed by atoms with Gasteiger partial charge in [0.1, 0.15) is 5.82 Å². The first kappa shape index (κ1) is 16.0. The van der Waals surface area contributed by atoms with E-state index in [-0.39, 0.29) is 23.6 Å². The van der Waals surface area contributed by atoms with Gasteiger partial charge in [0, 0.05) is 12.2 Å². The number of aliphatic hydroxyl groups excluding tert-OH is 1. The van der Waals surface area contributed by atoms with E-state index >= 15 is 0 Å². The van der Waals surface area contributed by atoms with Crippen LogP contribution in [0, 0.1) is 18.7 Å². The van der Waals surface area contributed by atoms with Gasteiger partial charge in [-0.3, -0.25) is 0 Å². The fourth-order valence-corrected chi connectivity index (χ4v) is 2.64. The van der Waals surface area contributed by atoms with E-state index in [1.165, 1.54) is 6.07 Å². The molecule has 0 radical (unpaired) electrons. The number of nitrogens with zero attached hydrogens (tertiary/aromatic N) is 2. The lowest BCUT2D eigenvalue weighted by atomic mass is 10.1. The van der Waals surface area contributed by atoms with Gasteiger partial charge < -0.3 is 9.63 Å². The molecule has 2 rings (SSSR count). The maximum absolute atomic E-state index is 13.6. The number of aromatic nitrogens is 2. The van der Waals surface area contributed by atoms with Gasteiger partial charge in [-0.2, -0.15) is 4.98 Å². The Morgan fingerprint density at radius 1 is 1.38 bits per heavy atom. The van der Waals surface area contributed by atoms with Gasteiger partial charge in [-0.15, -0.1) is 11.8 Å². The molecule has 2 unspecified atom stereocenters. The lowest BCUT2D eigenvalue weighted by Gasteiger charge is -2.09. The lowest BCUT2D eigenvalue weighted by molar-refractivity contribution is 0.250. The Morgan fingerprint density at radius 2 is 2.14 bits per heavy atom. The molecule has 0 aliphatic heterocycles. The van der Waals surface area contributed by atoms with Crippen LogP contribution in [0.15, 0.2) is 22.7 Å². The second kappa shape index (κ2) is 7.04. The minimum Gasteiger partial charge on any atom is -0.396 e. The summed E-state index contributed by atoms with van der Waals surface area (Å²) in [6.45, 7) is 5.83. The highest BCUT2D eigenvalue weighted by atomic mass is 32.2. The largest absolute Gasteiger partial charge is 0.396 e. The molecule has 0 saturated carbocycles. The summed E-state index contributed by atoms with van der Waals surface area (Å²) in [5.41, 5.74) is 1.19. The van der Waals surface area contributed by atoms with Crippen molar-refractivity contribution in [3.8, 4) is 11.4 Å². The molecule has 4 nitrogen and oxygen atoms in total. The van der Waals surface area contributed by atoms with Crippen molar-refractivity contribution in [3.05, 3.63) is 35.5 Å². The van der Waals surface area contributed by atoms with Crippen LogP contribution >= 0.6 is 11.8 Å². The minimum absolute atomic E-state index is 0.0375. The molecule has 0 saturated heterocycles. The molecule has 0 spiro atoms. The van der Waals surface area contributed by atoms with Gasteiger partial charge in [-0.05, 0) is 37.1 Å². The Bertz CT molecular complexity index is 603. The maximum Gasteiger partial charge on any atom is 0.239 e. The van der Waals surface area contributed by atoms with Crippen molar-refractivity contribution in [2.24, 2.45) is 5.92 Å². The maximum atomic E-state index is 13.6. The highest BCUT2D eigenvalue weighted by molar-refractivity contribution is 7.99. The van der Waals surface area contributed by atoms with Crippen molar-refractivity contribution in [2.75, 3.05) is 12.4 Å². The Hall–Kier alpha value is -1.40. The monoisotopic (exact) mass is 310 g/mol. The summed E-state index contributed by atoms with van der Waals surface area (Å²) < 4.78 is 18.8. The van der Waals surface area contributed by atoms with E-state index in [4.69, 9.17) is 9.63 Å². The number of thioether (sulfide) groups is 1. The average Bonchev–Trinajstić information content (AvgIpc) is 2.97. The number of benzene rings is 1. The molecule has 6 heteroatoms. The third-order valence-electron chi connectivity index (χ3n) is 3.16. The molecule has 1 aromatic carbocycles. The fraction of sp³-hybridized carbons (Fsp3) is 0.467. The van der Waals surface area contributed by atoms with Crippen molar-refractivity contribution in [1.82, 2.24) is 10.1 Å². The smallest absolute Gasteiger partial charge is 0.239 e. The summed E-state index contributed by atoms with van der Waals surface area (Å²) >= 11 is 1.65. The first-order chi connectivity index (χ1) is 10.0. The van der Waals surface area contributed by atoms with Gasteiger partial charge >= 0.3 is 0 Å². The molecular weight excluding hydrogens is 291 g/mol. The van der Waals surface area contributed by atoms with Crippen molar-refractivity contribution < 1.29 is 14.0 Å². The van der Waals surface area contributed by atoms with Crippen molar-refractivity contribution in [2.45, 2.75) is 26.0 Å². The van der Waals surface area contributed by atoms with E-state index < -0.39 is 0 Å². The lowest BCUT2D eigenvalue weighted by Crippen LogP contribution is -2.04. The van der Waals surface area contributed by atoms with Crippen LogP contribution in [0.4, 0.5) is 4.39 Å². The van der Waals surface area contributed by atoms with E-state index in [1.807, 2.05) is 13.8 Å². The molecule has 2 aromatic rings. The fourth-order valence-electron chi connectivity index (χ4n) is 1.68. The summed E-state index contributed by atoms with van der Waals surface area (Å²) in [5.74, 6) is 1.67. The summed E-state index contributed by atoms with van der Waals surface area (Å²) in [4.78, 5) is 4.33. The van der Waals surface area contributed by atoms with E-state index in [0.29, 0.717) is 22.8 Å². The van der Waals surface area contributed by atoms with Crippen LogP contribution in [0.25, 0.3) is 11.4 Å². The quantitative estimate of drug-likeness (QED) is 0.883. The molecule has 1 heterocycles. The normalized spacial score (nSPS) is 14.1. The second-order valence-corrected chi connectivity index (χ2v) is 6.56. The first-order valence-corrected chi connectivity index (χ1v) is 7.88. The van der Waals surface area contributed by atoms with Crippen LogP contribution in [0.5, 0.6) is 0 Å². The third-order valence-corrected chi connectivity index (χ3v) is 4.63. The van der Waals surface area contributed by atoms with Crippen LogP contribution in [0.1, 0.15) is 30.6 Å². The highest BCUT2D eigenvalue weighted by Gasteiger charge is 2.17. The van der Waals surface area contributed by atoms with E-state index in [2.05, 4.69) is 10.1 Å². The van der Waals surface area contributed by atoms with Gasteiger partial charge in [-0.25, -0.2) is 4.39 Å². The molecule has 2 atom stereocenters. The van der Waals surface area contributed by atoms with Gasteiger partial charge in [-0.1, -0.05) is 24.2 Å². The Morgan fingerprint density at radius 3 is 2.81 bits per heavy atom. The zero-order valence-electron chi connectivity index (χ0n) is 12.3. The van der Waals surface area contributed by atoms with Crippen LogP contribution in [-0.2, 0) is 0 Å². The summed E-state index contributed by atoms with van der Waals surface area (Å²) in [5, 5.41) is 13.0. The first-order valence-electron chi connectivity index (χ1n) is 6.84. The predicted octanol–water partition coefficient (Wildman–Crippen LogP) is 3.61. The number of aryl methyl sites for hydroxylation is 1. The highest BCUT2D eigenvalue weighted by Crippen LogP contribution is 2.30. The summed E-state index contributed by atoms with van der Waals surface area (Å²) in [6.07, 6.45) is 0. The number of halogens is 1. The number of rotatable bonds is 6. The number of hydrogen-bond acceptors (Lipinski definition) is 5. The van der Waals surface area contributed by atoms with Crippen molar-refractivity contribution in [3.63, 3.8) is 0 Å². The second-order valence-electron chi connectivity index (χ2n) is 5.18. The third kappa shape index (κ3) is 4.04. The summed E-state index contributed by atoms with van der Waals surface area (Å²) in [7, 11) is 0. The Kier molecular flexibility index (Phi) is 5.36. The average molecular weight is 310 g/mol. The van der Waals surface area contributed by atoms with Gasteiger partial charge in [0.25, 0.3) is 0 Å². The van der Waals surface area contributed by atoms with Crippen LogP contribution < -0.4 is 0 Å². The van der Waals surface area contributed by atoms with Crippen LogP contribution in [0.3, 0.4) is 0 Å². The van der Waals surface area contributed by atoms with Gasteiger partial charge in [0.05, 0.1) is 5.25 Å². The predicted molar refractivity (Wildman–Crippen MR) is 81.6 cm³/mol. The topological polar surface area (TPSA) is 59.2 Å². The molecule has 1 N–H and O–H groups in total. The minimum atomic E-state index is -0.280. The number of hydrogen-bond donors (Lipinski definition) is 1. The summed E-state index contributed by atoms with van der Waals surface area (Å²) in [6, 6.07) is 4.89. The van der Waals surface area contributed by atoms with Crippen molar-refractivity contribution in [1.29, 1.82) is 0 Å². The molecule has 0 aliphatic rings. The molecule has 114 valence electrons. The molecule has 1 aromatic heterocycles. The molecule has 0 fully saturated rings. The van der Waals surface area contributed by atoms with Gasteiger partial charge in [0.15, 0.2) is 0 Å². The molecule has 0 aliphatic carbocycles. The SMILES string of the molecule is Cc1ccc(-c2noc(C(C)SCC(C)CO)n2)cc1F. The van der Waals surface area contributed by atoms with Crippen LogP contribution in [-0.4, -0.2) is 27.6 Å². The zero-order chi connectivity index (χ0) is 15.4. The van der Waals surface area contributed by atoms with Crippen LogP contribution in [0.2, 0.25) is 0 Å². The molecule has 0 amide bonds. The van der Waals surface area contributed by atoms with Crippen molar-refractivity contribution >= 4 is 11.8 Å². The molecule has 0 bridgehead atoms. The number of aliphatic hydroxyl groups is 1. The van der Waals surface area contributed by atoms with E-state index in [0.717, 1.165) is 5.75 Å². The standard InChI is InChI=1S/C15H19FN2O2S/c1-9(7-19)8-21-11(3)15-17-14(18-20-15)12-5-4-10(2)13(16)6-12/h4-6,9,11,19H,7-8H2,1-3H3.